The van der Waals surface area contributed by atoms with Crippen LogP contribution in [0.3, 0.4) is 0 Å². The first-order valence-corrected chi connectivity index (χ1v) is 7.83. The van der Waals surface area contributed by atoms with E-state index >= 15 is 0 Å². The van der Waals surface area contributed by atoms with Gasteiger partial charge in [-0.2, -0.15) is 0 Å². The zero-order valence-electron chi connectivity index (χ0n) is 10.2. The Balaban J connectivity index is 1.90. The van der Waals surface area contributed by atoms with Crippen molar-refractivity contribution in [2.75, 3.05) is 38.2 Å². The predicted octanol–water partition coefficient (Wildman–Crippen LogP) is 3.05. The Morgan fingerprint density at radius 1 is 1.00 bits per heavy atom. The van der Waals surface area contributed by atoms with Gasteiger partial charge in [-0.25, -0.2) is 0 Å². The molecule has 0 radical (unpaired) electrons. The molecule has 1 aliphatic carbocycles. The van der Waals surface area contributed by atoms with E-state index in [-0.39, 0.29) is 0 Å². The minimum Gasteiger partial charge on any atom is -0.379 e. The van der Waals surface area contributed by atoms with Crippen LogP contribution in [-0.4, -0.2) is 43.1 Å². The van der Waals surface area contributed by atoms with Gasteiger partial charge in [-0.1, -0.05) is 41.6 Å². The second-order valence-electron chi connectivity index (χ2n) is 5.44. The van der Waals surface area contributed by atoms with Crippen molar-refractivity contribution in [3.63, 3.8) is 0 Å². The van der Waals surface area contributed by atoms with Gasteiger partial charge >= 0.3 is 0 Å². The number of halogens is 1. The van der Waals surface area contributed by atoms with E-state index in [1.54, 1.807) is 0 Å². The maximum absolute atomic E-state index is 5.43. The van der Waals surface area contributed by atoms with Crippen molar-refractivity contribution in [1.29, 1.82) is 0 Å². The zero-order chi connectivity index (χ0) is 11.3. The molecule has 0 bridgehead atoms. The van der Waals surface area contributed by atoms with Crippen molar-refractivity contribution in [3.05, 3.63) is 0 Å². The molecule has 2 nitrogen and oxygen atoms in total. The summed E-state index contributed by atoms with van der Waals surface area (Å²) in [6.45, 7) is 5.40. The molecule has 16 heavy (non-hydrogen) atoms. The Bertz CT molecular complexity index is 196. The monoisotopic (exact) mass is 289 g/mol. The van der Waals surface area contributed by atoms with E-state index in [0.29, 0.717) is 5.41 Å². The normalized spacial score (nSPS) is 27.6. The summed E-state index contributed by atoms with van der Waals surface area (Å²) < 4.78 is 5.43. The molecule has 0 aromatic heterocycles. The maximum atomic E-state index is 5.43. The van der Waals surface area contributed by atoms with E-state index in [1.165, 1.54) is 50.4 Å². The molecule has 2 aliphatic rings. The Hall–Kier alpha value is 0.400. The summed E-state index contributed by atoms with van der Waals surface area (Å²) in [4.78, 5) is 2.61. The van der Waals surface area contributed by atoms with Gasteiger partial charge in [-0.05, 0) is 18.3 Å². The third-order valence-corrected chi connectivity index (χ3v) is 5.30. The first-order valence-electron chi connectivity index (χ1n) is 6.71. The van der Waals surface area contributed by atoms with Crippen molar-refractivity contribution in [1.82, 2.24) is 4.90 Å². The molecule has 0 aromatic rings. The lowest BCUT2D eigenvalue weighted by Crippen LogP contribution is -2.44. The molecule has 94 valence electrons. The third-order valence-electron chi connectivity index (χ3n) is 4.11. The molecule has 2 fully saturated rings. The lowest BCUT2D eigenvalue weighted by Gasteiger charge is -2.38. The highest BCUT2D eigenvalue weighted by molar-refractivity contribution is 9.09. The second-order valence-corrected chi connectivity index (χ2v) is 6.00. The number of morpholine rings is 1. The van der Waals surface area contributed by atoms with Crippen LogP contribution >= 0.6 is 15.9 Å². The first kappa shape index (κ1) is 12.8. The van der Waals surface area contributed by atoms with Gasteiger partial charge in [-0.15, -0.1) is 0 Å². The van der Waals surface area contributed by atoms with E-state index in [0.717, 1.165) is 26.3 Å². The minimum atomic E-state index is 0.549. The van der Waals surface area contributed by atoms with Crippen LogP contribution in [0, 0.1) is 5.41 Å². The summed E-state index contributed by atoms with van der Waals surface area (Å²) in [5.41, 5.74) is 0.549. The summed E-state index contributed by atoms with van der Waals surface area (Å²) in [5.74, 6) is 0. The number of alkyl halides is 1. The summed E-state index contributed by atoms with van der Waals surface area (Å²) in [5, 5.41) is 1.18. The molecule has 1 saturated carbocycles. The first-order chi connectivity index (χ1) is 7.85. The summed E-state index contributed by atoms with van der Waals surface area (Å²) in [6.07, 6.45) is 8.56. The molecular formula is C13H24BrNO. The van der Waals surface area contributed by atoms with Crippen LogP contribution < -0.4 is 0 Å². The molecule has 1 saturated heterocycles. The Labute approximate surface area is 108 Å². The molecule has 0 unspecified atom stereocenters. The lowest BCUT2D eigenvalue weighted by molar-refractivity contribution is 0.0170. The highest BCUT2D eigenvalue weighted by atomic mass is 79.9. The highest BCUT2D eigenvalue weighted by Crippen LogP contribution is 2.37. The molecular weight excluding hydrogens is 266 g/mol. The number of ether oxygens (including phenoxy) is 1. The lowest BCUT2D eigenvalue weighted by atomic mass is 9.82. The second kappa shape index (κ2) is 6.36. The molecule has 2 rings (SSSR count). The molecule has 1 heterocycles. The van der Waals surface area contributed by atoms with E-state index in [9.17, 15) is 0 Å². The fourth-order valence-corrected chi connectivity index (χ4v) is 3.78. The minimum absolute atomic E-state index is 0.549. The van der Waals surface area contributed by atoms with Crippen LogP contribution in [0.15, 0.2) is 0 Å². The van der Waals surface area contributed by atoms with Gasteiger partial charge < -0.3 is 4.74 Å². The van der Waals surface area contributed by atoms with Gasteiger partial charge in [0.2, 0.25) is 0 Å². The summed E-state index contributed by atoms with van der Waals surface area (Å²) in [6, 6.07) is 0. The average molecular weight is 290 g/mol. The number of rotatable bonds is 3. The molecule has 1 aliphatic heterocycles. The van der Waals surface area contributed by atoms with E-state index in [4.69, 9.17) is 4.74 Å². The fourth-order valence-electron chi connectivity index (χ4n) is 3.05. The van der Waals surface area contributed by atoms with Gasteiger partial charge in [0, 0.05) is 25.0 Å². The molecule has 0 aromatic carbocycles. The largest absolute Gasteiger partial charge is 0.379 e. The van der Waals surface area contributed by atoms with Crippen molar-refractivity contribution in [2.45, 2.75) is 38.5 Å². The Morgan fingerprint density at radius 3 is 2.19 bits per heavy atom. The Morgan fingerprint density at radius 2 is 1.62 bits per heavy atom. The van der Waals surface area contributed by atoms with Crippen molar-refractivity contribution in [2.24, 2.45) is 5.41 Å². The Kier molecular flexibility index (Phi) is 5.11. The molecule has 0 atom stereocenters. The van der Waals surface area contributed by atoms with E-state index in [1.807, 2.05) is 0 Å². The van der Waals surface area contributed by atoms with Gasteiger partial charge in [0.1, 0.15) is 0 Å². The van der Waals surface area contributed by atoms with E-state index in [2.05, 4.69) is 20.8 Å². The molecule has 3 heteroatoms. The van der Waals surface area contributed by atoms with Gasteiger partial charge in [-0.3, -0.25) is 4.90 Å². The van der Waals surface area contributed by atoms with Crippen LogP contribution in [0.2, 0.25) is 0 Å². The molecule has 0 N–H and O–H groups in total. The SMILES string of the molecule is BrCC1(CN2CCOCC2)CCCCCC1. The molecule has 0 spiro atoms. The van der Waals surface area contributed by atoms with Crippen LogP contribution in [-0.2, 0) is 4.74 Å². The van der Waals surface area contributed by atoms with Crippen molar-refractivity contribution in [3.8, 4) is 0 Å². The van der Waals surface area contributed by atoms with Gasteiger partial charge in [0.05, 0.1) is 13.2 Å². The van der Waals surface area contributed by atoms with Crippen molar-refractivity contribution < 1.29 is 4.74 Å². The average Bonchev–Trinajstić information content (AvgIpc) is 2.57. The van der Waals surface area contributed by atoms with Crippen molar-refractivity contribution >= 4 is 15.9 Å². The van der Waals surface area contributed by atoms with E-state index < -0.39 is 0 Å². The molecule has 0 amide bonds. The topological polar surface area (TPSA) is 12.5 Å². The van der Waals surface area contributed by atoms with Crippen LogP contribution in [0.4, 0.5) is 0 Å². The predicted molar refractivity (Wildman–Crippen MR) is 71.2 cm³/mol. The summed E-state index contributed by atoms with van der Waals surface area (Å²) in [7, 11) is 0. The van der Waals surface area contributed by atoms with Crippen LogP contribution in [0.1, 0.15) is 38.5 Å². The fraction of sp³-hybridized carbons (Fsp3) is 1.00. The maximum Gasteiger partial charge on any atom is 0.0594 e. The zero-order valence-corrected chi connectivity index (χ0v) is 11.8. The number of hydrogen-bond acceptors (Lipinski definition) is 2. The number of hydrogen-bond donors (Lipinski definition) is 0. The highest BCUT2D eigenvalue weighted by Gasteiger charge is 2.32. The summed E-state index contributed by atoms with van der Waals surface area (Å²) >= 11 is 3.77. The van der Waals surface area contributed by atoms with Gasteiger partial charge in [0.25, 0.3) is 0 Å². The van der Waals surface area contributed by atoms with Gasteiger partial charge in [0.15, 0.2) is 0 Å². The standard InChI is InChI=1S/C13H24BrNO/c14-11-13(5-3-1-2-4-6-13)12-15-7-9-16-10-8-15/h1-12H2. The van der Waals surface area contributed by atoms with Crippen LogP contribution in [0.25, 0.3) is 0 Å². The van der Waals surface area contributed by atoms with Crippen LogP contribution in [0.5, 0.6) is 0 Å². The number of nitrogens with zero attached hydrogens (tertiary/aromatic N) is 1. The smallest absolute Gasteiger partial charge is 0.0594 e. The quantitative estimate of drug-likeness (QED) is 0.585. The third kappa shape index (κ3) is 3.44.